The predicted octanol–water partition coefficient (Wildman–Crippen LogP) is 2.66. The molecule has 1 aromatic heterocycles. The number of carbonyl (C=O) groups is 2. The van der Waals surface area contributed by atoms with E-state index >= 15 is 0 Å². The van der Waals surface area contributed by atoms with Crippen LogP contribution < -0.4 is 20.2 Å². The van der Waals surface area contributed by atoms with Crippen molar-refractivity contribution in [1.29, 1.82) is 0 Å². The van der Waals surface area contributed by atoms with Gasteiger partial charge in [0.2, 0.25) is 6.79 Å². The van der Waals surface area contributed by atoms with Crippen LogP contribution in [0.1, 0.15) is 21.6 Å². The number of aromatic nitrogens is 1. The third kappa shape index (κ3) is 4.56. The van der Waals surface area contributed by atoms with E-state index in [1.807, 2.05) is 12.1 Å². The number of hydrazone groups is 1. The molecule has 150 valence electrons. The molecule has 30 heavy (non-hydrogen) atoms. The number of nitrogens with one attached hydrogen (secondary N) is 3. The smallest absolute Gasteiger partial charge is 0.287 e. The zero-order valence-electron chi connectivity index (χ0n) is 15.8. The second kappa shape index (κ2) is 8.78. The Morgan fingerprint density at radius 3 is 2.63 bits per heavy atom. The van der Waals surface area contributed by atoms with Crippen LogP contribution in [-0.2, 0) is 4.79 Å². The molecule has 4 rings (SSSR count). The van der Waals surface area contributed by atoms with E-state index in [4.69, 9.17) is 9.47 Å². The lowest BCUT2D eigenvalue weighted by atomic mass is 10.1. The number of hydrogen-bond donors (Lipinski definition) is 3. The predicted molar refractivity (Wildman–Crippen MR) is 111 cm³/mol. The van der Waals surface area contributed by atoms with Gasteiger partial charge < -0.3 is 19.8 Å². The Hall–Kier alpha value is -4.33. The molecule has 2 amide bonds. The number of aromatic amines is 1. The third-order valence-corrected chi connectivity index (χ3v) is 4.23. The monoisotopic (exact) mass is 402 g/mol. The topological polar surface area (TPSA) is 105 Å². The molecule has 0 unspecified atom stereocenters. The summed E-state index contributed by atoms with van der Waals surface area (Å²) in [5.41, 5.74) is 4.27. The molecule has 2 heterocycles. The standard InChI is InChI=1S/C22H18N4O4/c27-21(16-5-2-1-3-6-16)25-18(22(28)26-24-13-17-7-4-10-23-17)11-15-8-9-19-20(12-15)30-14-29-19/h1-13,23H,14H2,(H,25,27)(H,26,28)/b18-11?,24-13+. The molecular formula is C22H18N4O4. The van der Waals surface area contributed by atoms with Crippen LogP contribution in [0.4, 0.5) is 0 Å². The van der Waals surface area contributed by atoms with Crippen molar-refractivity contribution in [2.24, 2.45) is 5.10 Å². The summed E-state index contributed by atoms with van der Waals surface area (Å²) in [5, 5.41) is 6.57. The molecule has 0 fully saturated rings. The number of carbonyl (C=O) groups excluding carboxylic acids is 2. The van der Waals surface area contributed by atoms with Crippen LogP contribution in [0.3, 0.4) is 0 Å². The summed E-state index contributed by atoms with van der Waals surface area (Å²) in [6.45, 7) is 0.147. The normalized spacial score (nSPS) is 12.7. The summed E-state index contributed by atoms with van der Waals surface area (Å²) in [7, 11) is 0. The van der Waals surface area contributed by atoms with E-state index in [2.05, 4.69) is 20.8 Å². The van der Waals surface area contributed by atoms with E-state index in [0.29, 0.717) is 22.6 Å². The average molecular weight is 402 g/mol. The van der Waals surface area contributed by atoms with Crippen molar-refractivity contribution in [3.8, 4) is 11.5 Å². The fourth-order valence-electron chi connectivity index (χ4n) is 2.76. The number of ether oxygens (including phenoxy) is 2. The Morgan fingerprint density at radius 1 is 1.00 bits per heavy atom. The second-order valence-electron chi connectivity index (χ2n) is 6.32. The first-order valence-corrected chi connectivity index (χ1v) is 9.13. The van der Waals surface area contributed by atoms with Gasteiger partial charge in [-0.05, 0) is 48.0 Å². The number of benzene rings is 2. The number of amides is 2. The maximum atomic E-state index is 12.7. The van der Waals surface area contributed by atoms with E-state index in [0.717, 1.165) is 5.69 Å². The minimum atomic E-state index is -0.570. The molecule has 2 aromatic carbocycles. The Kier molecular flexibility index (Phi) is 5.56. The first-order valence-electron chi connectivity index (χ1n) is 9.13. The molecule has 1 aliphatic rings. The summed E-state index contributed by atoms with van der Waals surface area (Å²) in [4.78, 5) is 28.2. The van der Waals surface area contributed by atoms with E-state index in [9.17, 15) is 9.59 Å². The number of H-pyrrole nitrogens is 1. The Morgan fingerprint density at radius 2 is 1.83 bits per heavy atom. The van der Waals surface area contributed by atoms with Gasteiger partial charge in [0.1, 0.15) is 5.70 Å². The first kappa shape index (κ1) is 19.0. The maximum absolute atomic E-state index is 12.7. The van der Waals surface area contributed by atoms with Crippen molar-refractivity contribution in [2.45, 2.75) is 0 Å². The van der Waals surface area contributed by atoms with Gasteiger partial charge in [-0.25, -0.2) is 5.43 Å². The minimum Gasteiger partial charge on any atom is -0.454 e. The van der Waals surface area contributed by atoms with Crippen LogP contribution in [0.2, 0.25) is 0 Å². The molecule has 0 atom stereocenters. The Labute approximate surface area is 172 Å². The van der Waals surface area contributed by atoms with E-state index < -0.39 is 11.8 Å². The van der Waals surface area contributed by atoms with Crippen molar-refractivity contribution in [3.63, 3.8) is 0 Å². The molecule has 8 heteroatoms. The Bertz CT molecular complexity index is 1110. The van der Waals surface area contributed by atoms with Gasteiger partial charge in [-0.2, -0.15) is 5.10 Å². The van der Waals surface area contributed by atoms with Gasteiger partial charge in [-0.3, -0.25) is 9.59 Å². The molecule has 0 saturated heterocycles. The largest absolute Gasteiger partial charge is 0.454 e. The number of hydrogen-bond acceptors (Lipinski definition) is 5. The molecule has 3 N–H and O–H groups in total. The quantitative estimate of drug-likeness (QED) is 0.335. The summed E-state index contributed by atoms with van der Waals surface area (Å²) < 4.78 is 10.7. The van der Waals surface area contributed by atoms with Crippen molar-refractivity contribution in [1.82, 2.24) is 15.7 Å². The van der Waals surface area contributed by atoms with Gasteiger partial charge in [0, 0.05) is 11.8 Å². The highest BCUT2D eigenvalue weighted by molar-refractivity contribution is 6.05. The lowest BCUT2D eigenvalue weighted by molar-refractivity contribution is -0.117. The van der Waals surface area contributed by atoms with Gasteiger partial charge in [-0.1, -0.05) is 24.3 Å². The molecule has 0 spiro atoms. The van der Waals surface area contributed by atoms with Crippen molar-refractivity contribution >= 4 is 24.1 Å². The lowest BCUT2D eigenvalue weighted by Gasteiger charge is -2.09. The summed E-state index contributed by atoms with van der Waals surface area (Å²) in [6, 6.07) is 17.5. The van der Waals surface area contributed by atoms with E-state index in [1.165, 1.54) is 6.21 Å². The fraction of sp³-hybridized carbons (Fsp3) is 0.0455. The second-order valence-corrected chi connectivity index (χ2v) is 6.32. The third-order valence-electron chi connectivity index (χ3n) is 4.23. The number of fused-ring (bicyclic) bond motifs is 1. The molecule has 3 aromatic rings. The van der Waals surface area contributed by atoms with Crippen LogP contribution in [0, 0.1) is 0 Å². The highest BCUT2D eigenvalue weighted by atomic mass is 16.7. The molecule has 0 radical (unpaired) electrons. The molecule has 0 bridgehead atoms. The zero-order chi connectivity index (χ0) is 20.8. The minimum absolute atomic E-state index is 0.0337. The highest BCUT2D eigenvalue weighted by Gasteiger charge is 2.16. The van der Waals surface area contributed by atoms with Crippen molar-refractivity contribution < 1.29 is 19.1 Å². The maximum Gasteiger partial charge on any atom is 0.287 e. The SMILES string of the molecule is O=C(N/N=C/c1ccc[nH]1)C(=Cc1ccc2c(c1)OCO2)NC(=O)c1ccccc1. The van der Waals surface area contributed by atoms with Crippen LogP contribution in [0.5, 0.6) is 11.5 Å². The summed E-state index contributed by atoms with van der Waals surface area (Å²) in [5.74, 6) is 0.218. The molecule has 1 aliphatic heterocycles. The van der Waals surface area contributed by atoms with E-state index in [1.54, 1.807) is 60.8 Å². The molecular weight excluding hydrogens is 384 g/mol. The van der Waals surface area contributed by atoms with Gasteiger partial charge in [0.15, 0.2) is 11.5 Å². The summed E-state index contributed by atoms with van der Waals surface area (Å²) in [6.07, 6.45) is 4.76. The van der Waals surface area contributed by atoms with Crippen LogP contribution in [0.25, 0.3) is 6.08 Å². The lowest BCUT2D eigenvalue weighted by Crippen LogP contribution is -2.32. The molecule has 0 aliphatic carbocycles. The van der Waals surface area contributed by atoms with Crippen molar-refractivity contribution in [3.05, 3.63) is 89.4 Å². The zero-order valence-corrected chi connectivity index (χ0v) is 15.8. The highest BCUT2D eigenvalue weighted by Crippen LogP contribution is 2.33. The van der Waals surface area contributed by atoms with Gasteiger partial charge in [0.05, 0.1) is 11.9 Å². The number of rotatable bonds is 6. The van der Waals surface area contributed by atoms with Gasteiger partial charge >= 0.3 is 0 Å². The fourth-order valence-corrected chi connectivity index (χ4v) is 2.76. The van der Waals surface area contributed by atoms with Crippen LogP contribution >= 0.6 is 0 Å². The van der Waals surface area contributed by atoms with Gasteiger partial charge in [-0.15, -0.1) is 0 Å². The van der Waals surface area contributed by atoms with Crippen LogP contribution in [-0.4, -0.2) is 29.8 Å². The Balaban J connectivity index is 1.56. The van der Waals surface area contributed by atoms with Gasteiger partial charge in [0.25, 0.3) is 11.8 Å². The molecule has 8 nitrogen and oxygen atoms in total. The first-order chi connectivity index (χ1) is 14.7. The van der Waals surface area contributed by atoms with Crippen molar-refractivity contribution in [2.75, 3.05) is 6.79 Å². The van der Waals surface area contributed by atoms with Crippen LogP contribution in [0.15, 0.2) is 77.7 Å². The average Bonchev–Trinajstić information content (AvgIpc) is 3.45. The molecule has 0 saturated carbocycles. The summed E-state index contributed by atoms with van der Waals surface area (Å²) >= 11 is 0. The number of nitrogens with zero attached hydrogens (tertiary/aromatic N) is 1. The van der Waals surface area contributed by atoms with E-state index in [-0.39, 0.29) is 12.5 Å².